The van der Waals surface area contributed by atoms with Gasteiger partial charge in [-0.15, -0.1) is 11.3 Å². The van der Waals surface area contributed by atoms with Gasteiger partial charge in [0.1, 0.15) is 4.88 Å². The highest BCUT2D eigenvalue weighted by molar-refractivity contribution is 9.10. The Labute approximate surface area is 102 Å². The van der Waals surface area contributed by atoms with E-state index in [0.29, 0.717) is 6.04 Å². The van der Waals surface area contributed by atoms with Gasteiger partial charge in [0, 0.05) is 17.1 Å². The minimum absolute atomic E-state index is 0.0391. The molecule has 0 saturated carbocycles. The average molecular weight is 289 g/mol. The number of carbonyl (C=O) groups excluding carboxylic acids is 1. The SMILES string of the molecule is CN1CCC(NC(=O)c2sccc2Br)C1. The van der Waals surface area contributed by atoms with Crippen LogP contribution in [-0.4, -0.2) is 37.0 Å². The summed E-state index contributed by atoms with van der Waals surface area (Å²) in [6.07, 6.45) is 1.05. The molecule has 0 radical (unpaired) electrons. The summed E-state index contributed by atoms with van der Waals surface area (Å²) in [5, 5.41) is 4.97. The predicted octanol–water partition coefficient (Wildman–Crippen LogP) is 1.94. The van der Waals surface area contributed by atoms with Crippen LogP contribution < -0.4 is 5.32 Å². The normalized spacial score (nSPS) is 21.9. The predicted molar refractivity (Wildman–Crippen MR) is 65.4 cm³/mol. The van der Waals surface area contributed by atoms with E-state index in [4.69, 9.17) is 0 Å². The fraction of sp³-hybridized carbons (Fsp3) is 0.500. The molecule has 2 rings (SSSR count). The molecule has 0 aromatic carbocycles. The van der Waals surface area contributed by atoms with Gasteiger partial charge in [-0.2, -0.15) is 0 Å². The van der Waals surface area contributed by atoms with E-state index in [0.717, 1.165) is 28.9 Å². The van der Waals surface area contributed by atoms with E-state index in [2.05, 4.69) is 33.2 Å². The van der Waals surface area contributed by atoms with Crippen molar-refractivity contribution < 1.29 is 4.79 Å². The van der Waals surface area contributed by atoms with Crippen LogP contribution in [0.25, 0.3) is 0 Å². The summed E-state index contributed by atoms with van der Waals surface area (Å²) in [5.41, 5.74) is 0. The molecule has 1 amide bonds. The molecule has 0 bridgehead atoms. The van der Waals surface area contributed by atoms with Crippen molar-refractivity contribution in [3.63, 3.8) is 0 Å². The molecule has 0 aliphatic carbocycles. The van der Waals surface area contributed by atoms with E-state index in [1.165, 1.54) is 11.3 Å². The highest BCUT2D eigenvalue weighted by atomic mass is 79.9. The van der Waals surface area contributed by atoms with Crippen molar-refractivity contribution in [3.05, 3.63) is 20.8 Å². The third-order valence-corrected chi connectivity index (χ3v) is 4.39. The summed E-state index contributed by atoms with van der Waals surface area (Å²) in [7, 11) is 2.08. The first-order chi connectivity index (χ1) is 7.16. The van der Waals surface area contributed by atoms with E-state index >= 15 is 0 Å². The van der Waals surface area contributed by atoms with Gasteiger partial charge in [0.15, 0.2) is 0 Å². The van der Waals surface area contributed by atoms with Crippen LogP contribution in [0.4, 0.5) is 0 Å². The topological polar surface area (TPSA) is 32.3 Å². The third kappa shape index (κ3) is 2.59. The second-order valence-corrected chi connectivity index (χ2v) is 5.59. The standard InChI is InChI=1S/C10H13BrN2OS/c1-13-4-2-7(6-13)12-10(14)9-8(11)3-5-15-9/h3,5,7H,2,4,6H2,1H3,(H,12,14). The fourth-order valence-electron chi connectivity index (χ4n) is 1.76. The molecular weight excluding hydrogens is 276 g/mol. The van der Waals surface area contributed by atoms with Gasteiger partial charge in [0.05, 0.1) is 0 Å². The Morgan fingerprint density at radius 2 is 2.53 bits per heavy atom. The van der Waals surface area contributed by atoms with Crippen LogP contribution in [0.3, 0.4) is 0 Å². The van der Waals surface area contributed by atoms with Gasteiger partial charge in [-0.25, -0.2) is 0 Å². The first-order valence-electron chi connectivity index (χ1n) is 4.89. The number of carbonyl (C=O) groups is 1. The molecule has 0 spiro atoms. The van der Waals surface area contributed by atoms with Gasteiger partial charge in [-0.1, -0.05) is 0 Å². The molecule has 2 heterocycles. The number of likely N-dealkylation sites (N-methyl/N-ethyl adjacent to an activating group) is 1. The third-order valence-electron chi connectivity index (χ3n) is 2.55. The molecule has 1 atom stereocenters. The maximum absolute atomic E-state index is 11.8. The Balaban J connectivity index is 1.96. The smallest absolute Gasteiger partial charge is 0.262 e. The van der Waals surface area contributed by atoms with Crippen molar-refractivity contribution >= 4 is 33.2 Å². The first kappa shape index (κ1) is 11.1. The fourth-order valence-corrected chi connectivity index (χ4v) is 3.21. The Kier molecular flexibility index (Phi) is 3.43. The van der Waals surface area contributed by atoms with Crippen LogP contribution >= 0.6 is 27.3 Å². The number of nitrogens with one attached hydrogen (secondary N) is 1. The number of halogens is 1. The van der Waals surface area contributed by atoms with E-state index in [9.17, 15) is 4.79 Å². The monoisotopic (exact) mass is 288 g/mol. The van der Waals surface area contributed by atoms with Crippen LogP contribution in [0.2, 0.25) is 0 Å². The number of amides is 1. The van der Waals surface area contributed by atoms with Crippen molar-refractivity contribution in [2.45, 2.75) is 12.5 Å². The van der Waals surface area contributed by atoms with E-state index in [1.807, 2.05) is 11.4 Å². The van der Waals surface area contributed by atoms with Gasteiger partial charge in [-0.3, -0.25) is 4.79 Å². The highest BCUT2D eigenvalue weighted by Gasteiger charge is 2.22. The van der Waals surface area contributed by atoms with Gasteiger partial charge >= 0.3 is 0 Å². The van der Waals surface area contributed by atoms with E-state index in [1.54, 1.807) is 0 Å². The lowest BCUT2D eigenvalue weighted by Crippen LogP contribution is -2.36. The van der Waals surface area contributed by atoms with Gasteiger partial charge in [0.25, 0.3) is 5.91 Å². The van der Waals surface area contributed by atoms with E-state index in [-0.39, 0.29) is 5.91 Å². The lowest BCUT2D eigenvalue weighted by molar-refractivity contribution is 0.0942. The zero-order chi connectivity index (χ0) is 10.8. The van der Waals surface area contributed by atoms with Gasteiger partial charge < -0.3 is 10.2 Å². The van der Waals surface area contributed by atoms with Gasteiger partial charge in [0.2, 0.25) is 0 Å². The van der Waals surface area contributed by atoms with Crippen molar-refractivity contribution in [2.24, 2.45) is 0 Å². The maximum Gasteiger partial charge on any atom is 0.262 e. The molecule has 1 aliphatic heterocycles. The van der Waals surface area contributed by atoms with Crippen LogP contribution in [0.15, 0.2) is 15.9 Å². The number of hydrogen-bond donors (Lipinski definition) is 1. The number of nitrogens with zero attached hydrogens (tertiary/aromatic N) is 1. The lowest BCUT2D eigenvalue weighted by Gasteiger charge is -2.12. The molecule has 1 aromatic rings. The Hall–Kier alpha value is -0.390. The Morgan fingerprint density at radius 3 is 3.07 bits per heavy atom. The molecule has 1 aliphatic rings. The molecule has 1 aromatic heterocycles. The number of hydrogen-bond acceptors (Lipinski definition) is 3. The quantitative estimate of drug-likeness (QED) is 0.902. The summed E-state index contributed by atoms with van der Waals surface area (Å²) < 4.78 is 0.886. The summed E-state index contributed by atoms with van der Waals surface area (Å²) in [4.78, 5) is 14.8. The molecule has 5 heteroatoms. The summed E-state index contributed by atoms with van der Waals surface area (Å²) >= 11 is 4.84. The van der Waals surface area contributed by atoms with Crippen LogP contribution in [0.5, 0.6) is 0 Å². The van der Waals surface area contributed by atoms with Crippen molar-refractivity contribution in [2.75, 3.05) is 20.1 Å². The maximum atomic E-state index is 11.8. The molecule has 15 heavy (non-hydrogen) atoms. The second kappa shape index (κ2) is 4.63. The number of rotatable bonds is 2. The molecule has 82 valence electrons. The number of likely N-dealkylation sites (tertiary alicyclic amines) is 1. The Bertz CT molecular complexity index is 366. The number of thiophene rings is 1. The zero-order valence-electron chi connectivity index (χ0n) is 8.50. The largest absolute Gasteiger partial charge is 0.347 e. The van der Waals surface area contributed by atoms with Crippen LogP contribution in [0.1, 0.15) is 16.1 Å². The van der Waals surface area contributed by atoms with Gasteiger partial charge in [-0.05, 0) is 47.4 Å². The minimum atomic E-state index is 0.0391. The molecule has 1 unspecified atom stereocenters. The van der Waals surface area contributed by atoms with Crippen molar-refractivity contribution in [1.82, 2.24) is 10.2 Å². The summed E-state index contributed by atoms with van der Waals surface area (Å²) in [6, 6.07) is 2.21. The van der Waals surface area contributed by atoms with E-state index < -0.39 is 0 Å². The molecule has 1 N–H and O–H groups in total. The zero-order valence-corrected chi connectivity index (χ0v) is 10.9. The lowest BCUT2D eigenvalue weighted by atomic mass is 10.2. The molecule has 1 fully saturated rings. The summed E-state index contributed by atoms with van der Waals surface area (Å²) in [5.74, 6) is 0.0391. The van der Waals surface area contributed by atoms with Crippen LogP contribution in [0, 0.1) is 0 Å². The van der Waals surface area contributed by atoms with Crippen molar-refractivity contribution in [3.8, 4) is 0 Å². The van der Waals surface area contributed by atoms with Crippen molar-refractivity contribution in [1.29, 1.82) is 0 Å². The minimum Gasteiger partial charge on any atom is -0.347 e. The second-order valence-electron chi connectivity index (χ2n) is 3.82. The summed E-state index contributed by atoms with van der Waals surface area (Å²) in [6.45, 7) is 2.02. The average Bonchev–Trinajstić information content (AvgIpc) is 2.75. The Morgan fingerprint density at radius 1 is 1.73 bits per heavy atom. The first-order valence-corrected chi connectivity index (χ1v) is 6.56. The molecular formula is C10H13BrN2OS. The highest BCUT2D eigenvalue weighted by Crippen LogP contribution is 2.22. The molecule has 3 nitrogen and oxygen atoms in total. The van der Waals surface area contributed by atoms with Crippen LogP contribution in [-0.2, 0) is 0 Å². The molecule has 1 saturated heterocycles.